The minimum absolute atomic E-state index is 0.178. The second kappa shape index (κ2) is 18.0. The van der Waals surface area contributed by atoms with Crippen LogP contribution in [0.1, 0.15) is 62.9 Å². The lowest BCUT2D eigenvalue weighted by atomic mass is 10.0. The van der Waals surface area contributed by atoms with Crippen LogP contribution < -0.4 is 10.1 Å². The van der Waals surface area contributed by atoms with Gasteiger partial charge in [0.25, 0.3) is 5.91 Å². The lowest BCUT2D eigenvalue weighted by Crippen LogP contribution is -2.25. The first-order valence-electron chi connectivity index (χ1n) is 18.6. The van der Waals surface area contributed by atoms with Crippen molar-refractivity contribution >= 4 is 58.0 Å². The number of aromatic carboxylic acids is 1. The molecule has 4 aromatic heterocycles. The van der Waals surface area contributed by atoms with Crippen LogP contribution in [0.25, 0.3) is 22.4 Å². The molecule has 8 aromatic rings. The van der Waals surface area contributed by atoms with E-state index in [4.69, 9.17) is 39.5 Å². The molecule has 9 nitrogen and oxygen atoms in total. The second-order valence-electron chi connectivity index (χ2n) is 13.4. The Hall–Kier alpha value is -6.13. The van der Waals surface area contributed by atoms with Crippen molar-refractivity contribution in [2.45, 2.75) is 39.7 Å². The molecule has 4 heterocycles. The number of hydrogen-bond acceptors (Lipinski definition) is 5. The van der Waals surface area contributed by atoms with E-state index in [9.17, 15) is 14.7 Å². The van der Waals surface area contributed by atoms with E-state index in [1.807, 2.05) is 74.5 Å². The highest BCUT2D eigenvalue weighted by atomic mass is 35.5. The second-order valence-corrected chi connectivity index (χ2v) is 14.7. The van der Waals surface area contributed by atoms with Gasteiger partial charge in [0.1, 0.15) is 28.5 Å². The maximum Gasteiger partial charge on any atom is 0.354 e. The maximum atomic E-state index is 12.9. The number of carboxylic acids is 1. The Kier molecular flexibility index (Phi) is 12.4. The van der Waals surface area contributed by atoms with Crippen molar-refractivity contribution in [3.63, 3.8) is 0 Å². The number of nitrogens with one attached hydrogen (secondary N) is 1. The number of nitrogens with zero attached hydrogens (tertiary/aromatic N) is 4. The first-order chi connectivity index (χ1) is 28.1. The third kappa shape index (κ3) is 9.19. The molecule has 0 saturated heterocycles. The van der Waals surface area contributed by atoms with E-state index in [-0.39, 0.29) is 11.6 Å². The highest BCUT2D eigenvalue weighted by Gasteiger charge is 2.21. The van der Waals surface area contributed by atoms with Crippen molar-refractivity contribution in [3.8, 4) is 22.6 Å². The molecule has 4 aromatic carbocycles. The Morgan fingerprint density at radius 1 is 0.672 bits per heavy atom. The first kappa shape index (κ1) is 40.1. The number of aromatic nitrogens is 4. The molecule has 12 heteroatoms. The van der Waals surface area contributed by atoms with Crippen molar-refractivity contribution in [1.29, 1.82) is 0 Å². The fourth-order valence-electron chi connectivity index (χ4n) is 6.63. The average molecular weight is 831 g/mol. The molecule has 0 aliphatic carbocycles. The predicted molar refractivity (Wildman–Crippen MR) is 230 cm³/mol. The molecule has 0 unspecified atom stereocenters. The molecule has 0 atom stereocenters. The number of ether oxygens (including phenoxy) is 1. The summed E-state index contributed by atoms with van der Waals surface area (Å²) in [5, 5.41) is 14.3. The van der Waals surface area contributed by atoms with Crippen LogP contribution in [0.15, 0.2) is 134 Å². The third-order valence-corrected chi connectivity index (χ3v) is 10.2. The highest BCUT2D eigenvalue weighted by molar-refractivity contribution is 6.31. The predicted octanol–water partition coefficient (Wildman–Crippen LogP) is 11.4. The Bertz CT molecular complexity index is 2710. The van der Waals surface area contributed by atoms with Crippen LogP contribution in [0.4, 0.5) is 0 Å². The minimum atomic E-state index is -0.996. The zero-order valence-electron chi connectivity index (χ0n) is 31.6. The number of benzene rings is 4. The number of fused-ring (bicyclic) bond motifs is 2. The van der Waals surface area contributed by atoms with Crippen LogP contribution in [0.2, 0.25) is 15.1 Å². The van der Waals surface area contributed by atoms with E-state index < -0.39 is 5.97 Å². The largest absolute Gasteiger partial charge is 0.477 e. The van der Waals surface area contributed by atoms with Crippen LogP contribution in [0, 0.1) is 0 Å². The van der Waals surface area contributed by atoms with E-state index in [1.165, 1.54) is 5.56 Å². The van der Waals surface area contributed by atoms with E-state index >= 15 is 0 Å². The lowest BCUT2D eigenvalue weighted by Gasteiger charge is -2.09. The topological polar surface area (TPSA) is 110 Å². The van der Waals surface area contributed by atoms with E-state index in [0.29, 0.717) is 75.1 Å². The normalized spacial score (nSPS) is 11.0. The van der Waals surface area contributed by atoms with Crippen LogP contribution in [-0.4, -0.2) is 35.8 Å². The quantitative estimate of drug-likeness (QED) is 0.134. The number of aryl methyl sites for hydroxylation is 2. The van der Waals surface area contributed by atoms with Crippen molar-refractivity contribution < 1.29 is 19.4 Å². The first-order valence-corrected chi connectivity index (χ1v) is 19.8. The molecule has 2 N–H and O–H groups in total. The lowest BCUT2D eigenvalue weighted by molar-refractivity contribution is 0.0687. The van der Waals surface area contributed by atoms with Crippen molar-refractivity contribution in [2.24, 2.45) is 0 Å². The molecular formula is C46H38Cl3N5O4. The van der Waals surface area contributed by atoms with Crippen LogP contribution >= 0.6 is 34.8 Å². The Morgan fingerprint density at radius 2 is 1.29 bits per heavy atom. The molecule has 0 spiro atoms. The van der Waals surface area contributed by atoms with Gasteiger partial charge in [-0.25, -0.2) is 14.8 Å². The van der Waals surface area contributed by atoms with Crippen molar-refractivity contribution in [1.82, 2.24) is 24.1 Å². The SMILES string of the molecule is CCc1nc2c(Cc3ccc(-c4ccccc4)cc3)cc(Cl)cn2c1C(=O)O.CCc1nc2cc(Cl)ccn2c1C(=O)NCc1ccc(Oc2ccc(Cl)cc2)cc1. The minimum Gasteiger partial charge on any atom is -0.477 e. The summed E-state index contributed by atoms with van der Waals surface area (Å²) in [6.07, 6.45) is 5.21. The number of hydrogen-bond donors (Lipinski definition) is 2. The zero-order chi connectivity index (χ0) is 40.8. The van der Waals surface area contributed by atoms with Crippen LogP contribution in [0.5, 0.6) is 11.5 Å². The Balaban J connectivity index is 0.000000177. The fourth-order valence-corrected chi connectivity index (χ4v) is 7.14. The van der Waals surface area contributed by atoms with E-state index in [2.05, 4.69) is 51.7 Å². The Labute approximate surface area is 350 Å². The molecule has 292 valence electrons. The number of carbonyl (C=O) groups excluding carboxylic acids is 1. The van der Waals surface area contributed by atoms with Gasteiger partial charge in [-0.3, -0.25) is 13.6 Å². The molecule has 0 radical (unpaired) electrons. The van der Waals surface area contributed by atoms with Gasteiger partial charge in [-0.1, -0.05) is 115 Å². The standard InChI is InChI=1S/C23H19Cl2N3O2.C23H19ClN2O2/c1-2-20-22(28-12-11-17(25)13-21(28)27-20)23(29)26-14-15-3-7-18(8-4-15)30-19-9-5-16(24)6-10-19;1-2-20-21(23(27)28)26-14-19(24)13-18(22(26)25-20)12-15-8-10-17(11-9-15)16-6-4-3-5-7-16/h3-13H,2,14H2,1H3,(H,26,29);3-11,13-14H,2,12H2,1H3,(H,27,28). The molecule has 8 rings (SSSR count). The molecule has 1 amide bonds. The molecule has 0 aliphatic rings. The summed E-state index contributed by atoms with van der Waals surface area (Å²) >= 11 is 18.2. The summed E-state index contributed by atoms with van der Waals surface area (Å²) in [6.45, 7) is 4.27. The number of carbonyl (C=O) groups is 2. The van der Waals surface area contributed by atoms with Gasteiger partial charge in [-0.15, -0.1) is 0 Å². The molecular weight excluding hydrogens is 793 g/mol. The number of halogens is 3. The van der Waals surface area contributed by atoms with Gasteiger partial charge in [-0.2, -0.15) is 0 Å². The fraction of sp³-hybridized carbons (Fsp3) is 0.130. The molecule has 0 fully saturated rings. The number of rotatable bonds is 11. The molecule has 0 aliphatic heterocycles. The molecule has 0 saturated carbocycles. The summed E-state index contributed by atoms with van der Waals surface area (Å²) in [5.41, 5.74) is 8.63. The smallest absolute Gasteiger partial charge is 0.354 e. The van der Waals surface area contributed by atoms with Gasteiger partial charge in [-0.05, 0) is 83.6 Å². The van der Waals surface area contributed by atoms with Gasteiger partial charge in [0.05, 0.1) is 16.4 Å². The third-order valence-electron chi connectivity index (χ3n) is 9.46. The van der Waals surface area contributed by atoms with E-state index in [0.717, 1.165) is 27.9 Å². The molecule has 58 heavy (non-hydrogen) atoms. The average Bonchev–Trinajstić information content (AvgIpc) is 3.80. The highest BCUT2D eigenvalue weighted by Crippen LogP contribution is 2.27. The van der Waals surface area contributed by atoms with Gasteiger partial charge >= 0.3 is 5.97 Å². The summed E-state index contributed by atoms with van der Waals surface area (Å²) in [4.78, 5) is 33.7. The zero-order valence-corrected chi connectivity index (χ0v) is 33.9. The van der Waals surface area contributed by atoms with Gasteiger partial charge in [0, 0.05) is 47.0 Å². The maximum absolute atomic E-state index is 12.9. The van der Waals surface area contributed by atoms with Gasteiger partial charge in [0.2, 0.25) is 0 Å². The van der Waals surface area contributed by atoms with Gasteiger partial charge < -0.3 is 15.2 Å². The number of pyridine rings is 2. The molecule has 0 bridgehead atoms. The van der Waals surface area contributed by atoms with Crippen LogP contribution in [-0.2, 0) is 25.8 Å². The number of amides is 1. The summed E-state index contributed by atoms with van der Waals surface area (Å²) in [7, 11) is 0. The monoisotopic (exact) mass is 829 g/mol. The summed E-state index contributed by atoms with van der Waals surface area (Å²) in [5.74, 6) is 0.243. The Morgan fingerprint density at radius 3 is 1.95 bits per heavy atom. The van der Waals surface area contributed by atoms with Crippen LogP contribution in [0.3, 0.4) is 0 Å². The van der Waals surface area contributed by atoms with Gasteiger partial charge in [0.15, 0.2) is 5.69 Å². The number of carboxylic acid groups (broad SMARTS) is 1. The number of imidazole rings is 2. The van der Waals surface area contributed by atoms with Crippen molar-refractivity contribution in [2.75, 3.05) is 0 Å². The summed E-state index contributed by atoms with van der Waals surface area (Å²) < 4.78 is 9.15. The van der Waals surface area contributed by atoms with Crippen molar-refractivity contribution in [3.05, 3.63) is 188 Å². The summed E-state index contributed by atoms with van der Waals surface area (Å²) in [6, 6.07) is 38.7. The van der Waals surface area contributed by atoms with E-state index in [1.54, 1.807) is 45.5 Å².